The summed E-state index contributed by atoms with van der Waals surface area (Å²) in [6.07, 6.45) is 0. The SMILES string of the molecule is [C-]#[N+]c1cccc(-n2c3ccccc3c3cc(-c4ccc5c(c4)c4ccccc4n5-c4ccc(-c5ccc6c(c5)-c5ccccc5C6(c5ccccc5)c5ccccc5)cc4)ccc32)c1.c1ccc(-c2ccc(-n3c4ccccc4c4cc(-c5ccc6c(c5)c5ccccc5n6-c5ccc(-c6ccc(C(c7ccccc7)(c7ccccc7)c7ccccc7)cc6)cc5)ccc43)cc2)cc1. The number of hydrogen-bond donors (Lipinski definition) is 0. The van der Waals surface area contributed by atoms with Crippen LogP contribution in [0.5, 0.6) is 0 Å². The molecule has 1 aliphatic carbocycles. The molecular weight excluding hydrogens is 1620 g/mol. The lowest BCUT2D eigenvalue weighted by molar-refractivity contribution is 0.745. The number of hydrogen-bond acceptors (Lipinski definition) is 0. The van der Waals surface area contributed by atoms with Crippen LogP contribution in [-0.4, -0.2) is 18.3 Å². The quantitative estimate of drug-likeness (QED) is 0.0722. The summed E-state index contributed by atoms with van der Waals surface area (Å²) in [6, 6.07) is 188. The fourth-order valence-corrected chi connectivity index (χ4v) is 22.1. The first-order valence-electron chi connectivity index (χ1n) is 46.0. The van der Waals surface area contributed by atoms with Gasteiger partial charge in [-0.25, -0.2) is 4.85 Å². The van der Waals surface area contributed by atoms with Crippen molar-refractivity contribution in [3.05, 3.63) is 572 Å². The van der Waals surface area contributed by atoms with Gasteiger partial charge in [0, 0.05) is 65.8 Å². The molecule has 0 spiro atoms. The van der Waals surface area contributed by atoms with Crippen molar-refractivity contribution in [3.8, 4) is 89.5 Å². The van der Waals surface area contributed by atoms with Crippen molar-refractivity contribution in [2.75, 3.05) is 0 Å². The summed E-state index contributed by atoms with van der Waals surface area (Å²) in [5.74, 6) is 0. The molecule has 0 fully saturated rings. The molecule has 4 heterocycles. The molecule has 5 nitrogen and oxygen atoms in total. The van der Waals surface area contributed by atoms with Gasteiger partial charge in [-0.15, -0.1) is 0 Å². The van der Waals surface area contributed by atoms with Crippen LogP contribution in [0.1, 0.15) is 44.5 Å². The Hall–Kier alpha value is -17.7. The molecule has 4 aromatic heterocycles. The van der Waals surface area contributed by atoms with E-state index in [1.54, 1.807) is 0 Å². The molecule has 0 saturated heterocycles. The summed E-state index contributed by atoms with van der Waals surface area (Å²) in [5, 5.41) is 9.80. The van der Waals surface area contributed by atoms with Crippen LogP contribution in [-0.2, 0) is 10.8 Å². The maximum absolute atomic E-state index is 7.62. The first-order valence-corrected chi connectivity index (χ1v) is 46.0. The molecule has 25 aromatic rings. The molecule has 0 aliphatic heterocycles. The Labute approximate surface area is 777 Å². The van der Waals surface area contributed by atoms with Gasteiger partial charge in [-0.05, 0) is 239 Å². The van der Waals surface area contributed by atoms with Gasteiger partial charge >= 0.3 is 0 Å². The second-order valence-corrected chi connectivity index (χ2v) is 35.2. The van der Waals surface area contributed by atoms with Gasteiger partial charge in [0.25, 0.3) is 0 Å². The van der Waals surface area contributed by atoms with Crippen LogP contribution in [0.4, 0.5) is 5.69 Å². The standard InChI is InChI=1S/C67H46N2.C62H39N3/c1-5-17-47(18-6-1)49-31-39-57(40-32-49)68-63-27-15-13-25-59(63)61-45-51(35-43-65(61)68)52-36-44-66-62(46-52)60-26-14-16-28-64(60)69(66)58-41-33-50(34-42-58)48-29-37-56(38-30-48)67(53-19-7-2-8-20-53,54-21-9-3-10-22-54)55-23-11-4-12-24-55;1-63-47-19-14-20-49(40-47)65-59-26-13-10-23-52(59)55-39-44(31-36-61(55)65)43-30-35-60-54(38-43)51-22-9-12-25-58(51)64(60)48-32-27-41(28-33-48)42-29-34-57-53(37-42)50-21-8-11-24-56(50)62(57,45-15-4-2-5-16-45)46-17-6-3-7-18-46/h1-46H;2-40H. The highest BCUT2D eigenvalue weighted by Gasteiger charge is 2.46. The summed E-state index contributed by atoms with van der Waals surface area (Å²) in [5.41, 5.74) is 38.2. The molecule has 134 heavy (non-hydrogen) atoms. The molecule has 626 valence electrons. The predicted molar refractivity (Wildman–Crippen MR) is 559 cm³/mol. The number of aromatic nitrogens is 4. The largest absolute Gasteiger partial charge is 0.311 e. The van der Waals surface area contributed by atoms with E-state index in [2.05, 4.69) is 521 Å². The van der Waals surface area contributed by atoms with Gasteiger partial charge in [0.2, 0.25) is 0 Å². The van der Waals surface area contributed by atoms with Crippen LogP contribution in [0.25, 0.3) is 182 Å². The average molecular weight is 1710 g/mol. The normalized spacial score (nSPS) is 12.2. The van der Waals surface area contributed by atoms with Gasteiger partial charge in [0.1, 0.15) is 0 Å². The summed E-state index contributed by atoms with van der Waals surface area (Å²) in [4.78, 5) is 3.71. The smallest absolute Gasteiger partial charge is 0.189 e. The van der Waals surface area contributed by atoms with Gasteiger partial charge in [0.15, 0.2) is 5.69 Å². The lowest BCUT2D eigenvalue weighted by Crippen LogP contribution is -2.30. The lowest BCUT2D eigenvalue weighted by Gasteiger charge is -2.37. The van der Waals surface area contributed by atoms with Crippen molar-refractivity contribution in [2.24, 2.45) is 0 Å². The van der Waals surface area contributed by atoms with Crippen molar-refractivity contribution in [1.29, 1.82) is 0 Å². The summed E-state index contributed by atoms with van der Waals surface area (Å²) in [6.45, 7) is 7.62. The second-order valence-electron chi connectivity index (χ2n) is 35.2. The minimum atomic E-state index is -0.480. The minimum absolute atomic E-state index is 0.409. The zero-order chi connectivity index (χ0) is 88.8. The Kier molecular flexibility index (Phi) is 19.1. The van der Waals surface area contributed by atoms with Gasteiger partial charge < -0.3 is 18.3 Å². The van der Waals surface area contributed by atoms with E-state index in [1.165, 1.54) is 187 Å². The zero-order valence-electron chi connectivity index (χ0n) is 73.3. The topological polar surface area (TPSA) is 24.1 Å². The Balaban J connectivity index is 0.000000144. The van der Waals surface area contributed by atoms with E-state index in [0.29, 0.717) is 5.69 Å². The van der Waals surface area contributed by atoms with E-state index in [9.17, 15) is 0 Å². The zero-order valence-corrected chi connectivity index (χ0v) is 73.3. The fourth-order valence-electron chi connectivity index (χ4n) is 22.1. The minimum Gasteiger partial charge on any atom is -0.311 e. The van der Waals surface area contributed by atoms with Crippen LogP contribution in [0.3, 0.4) is 0 Å². The molecule has 0 radical (unpaired) electrons. The number of rotatable bonds is 15. The van der Waals surface area contributed by atoms with Gasteiger partial charge in [-0.2, -0.15) is 0 Å². The first kappa shape index (κ1) is 78.6. The molecule has 0 bridgehead atoms. The highest BCUT2D eigenvalue weighted by atomic mass is 15.0. The highest BCUT2D eigenvalue weighted by molar-refractivity contribution is 6.15. The third-order valence-electron chi connectivity index (χ3n) is 28.1. The molecule has 0 unspecified atom stereocenters. The molecule has 0 atom stereocenters. The maximum atomic E-state index is 7.62. The maximum Gasteiger partial charge on any atom is 0.189 e. The summed E-state index contributed by atoms with van der Waals surface area (Å²) >= 11 is 0. The van der Waals surface area contributed by atoms with Gasteiger partial charge in [0.05, 0.1) is 61.5 Å². The molecule has 0 saturated carbocycles. The Morgan fingerprint density at radius 1 is 0.179 bits per heavy atom. The monoisotopic (exact) mass is 1700 g/mol. The van der Waals surface area contributed by atoms with Crippen LogP contribution in [0.15, 0.2) is 516 Å². The van der Waals surface area contributed by atoms with Crippen LogP contribution < -0.4 is 0 Å². The second kappa shape index (κ2) is 32.5. The van der Waals surface area contributed by atoms with Crippen LogP contribution in [0.2, 0.25) is 0 Å². The van der Waals surface area contributed by atoms with Crippen molar-refractivity contribution in [2.45, 2.75) is 10.8 Å². The first-order chi connectivity index (χ1) is 66.4. The van der Waals surface area contributed by atoms with Crippen LogP contribution in [0, 0.1) is 6.57 Å². The van der Waals surface area contributed by atoms with Gasteiger partial charge in [-0.1, -0.05) is 388 Å². The molecule has 0 amide bonds. The third-order valence-corrected chi connectivity index (χ3v) is 28.1. The summed E-state index contributed by atoms with van der Waals surface area (Å²) < 4.78 is 9.49. The molecular formula is C129H85N5. The number of benzene rings is 21. The molecule has 1 aliphatic rings. The average Bonchev–Trinajstić information content (AvgIpc) is 1.53. The molecule has 0 N–H and O–H groups in total. The van der Waals surface area contributed by atoms with Gasteiger partial charge in [-0.3, -0.25) is 0 Å². The Morgan fingerprint density at radius 2 is 0.455 bits per heavy atom. The van der Waals surface area contributed by atoms with E-state index in [1.807, 2.05) is 18.2 Å². The van der Waals surface area contributed by atoms with E-state index < -0.39 is 10.8 Å². The van der Waals surface area contributed by atoms with Crippen LogP contribution >= 0.6 is 0 Å². The lowest BCUT2D eigenvalue weighted by atomic mass is 9.65. The molecule has 21 aromatic carbocycles. The van der Waals surface area contributed by atoms with E-state index in [-0.39, 0.29) is 0 Å². The molecule has 26 rings (SSSR count). The molecule has 5 heteroatoms. The van der Waals surface area contributed by atoms with E-state index >= 15 is 0 Å². The van der Waals surface area contributed by atoms with Crippen molar-refractivity contribution in [1.82, 2.24) is 18.3 Å². The third kappa shape index (κ3) is 12.8. The number of para-hydroxylation sites is 4. The van der Waals surface area contributed by atoms with E-state index in [4.69, 9.17) is 6.57 Å². The van der Waals surface area contributed by atoms with Crippen molar-refractivity contribution >= 4 is 92.9 Å². The van der Waals surface area contributed by atoms with E-state index in [0.717, 1.165) is 33.8 Å². The predicted octanol–water partition coefficient (Wildman–Crippen LogP) is 33.4. The summed E-state index contributed by atoms with van der Waals surface area (Å²) in [7, 11) is 0. The Bertz CT molecular complexity index is 8730. The Morgan fingerprint density at radius 3 is 0.843 bits per heavy atom. The number of fused-ring (bicyclic) bond motifs is 15. The highest BCUT2D eigenvalue weighted by Crippen LogP contribution is 2.57. The van der Waals surface area contributed by atoms with Crippen molar-refractivity contribution < 1.29 is 0 Å². The number of nitrogens with zero attached hydrogens (tertiary/aromatic N) is 5. The van der Waals surface area contributed by atoms with Crippen molar-refractivity contribution in [3.63, 3.8) is 0 Å². The fraction of sp³-hybridized carbons (Fsp3) is 0.0155.